The lowest BCUT2D eigenvalue weighted by atomic mass is 10.1. The molecular formula is C28H30N6O3. The molecule has 0 unspecified atom stereocenters. The summed E-state index contributed by atoms with van der Waals surface area (Å²) in [4.78, 5) is 33.3. The maximum Gasteiger partial charge on any atom is 0.282 e. The van der Waals surface area contributed by atoms with Gasteiger partial charge in [0.25, 0.3) is 11.6 Å². The Morgan fingerprint density at radius 2 is 1.62 bits per heavy atom. The van der Waals surface area contributed by atoms with Gasteiger partial charge in [0.05, 0.1) is 22.5 Å². The molecule has 0 saturated carbocycles. The summed E-state index contributed by atoms with van der Waals surface area (Å²) < 4.78 is 2.21. The van der Waals surface area contributed by atoms with Crippen molar-refractivity contribution in [2.24, 2.45) is 0 Å². The largest absolute Gasteiger partial charge is 0.327 e. The van der Waals surface area contributed by atoms with Crippen LogP contribution in [0.15, 0.2) is 72.8 Å². The van der Waals surface area contributed by atoms with Gasteiger partial charge in [0, 0.05) is 51.0 Å². The van der Waals surface area contributed by atoms with Gasteiger partial charge in [-0.1, -0.05) is 42.5 Å². The van der Waals surface area contributed by atoms with Crippen molar-refractivity contribution < 1.29 is 9.72 Å². The van der Waals surface area contributed by atoms with Crippen molar-refractivity contribution in [3.05, 3.63) is 99.9 Å². The summed E-state index contributed by atoms with van der Waals surface area (Å²) in [5.41, 5.74) is 3.50. The van der Waals surface area contributed by atoms with Gasteiger partial charge < -0.3 is 9.88 Å². The summed E-state index contributed by atoms with van der Waals surface area (Å²) in [6.07, 6.45) is 0. The van der Waals surface area contributed by atoms with E-state index in [0.717, 1.165) is 62.7 Å². The molecule has 1 aliphatic rings. The second-order valence-corrected chi connectivity index (χ2v) is 9.24. The summed E-state index contributed by atoms with van der Waals surface area (Å²) in [6.45, 7) is 8.64. The molecule has 1 saturated heterocycles. The standard InChI is InChI=1S/C28H30N6O3/c1-2-33-26-13-12-22(29-28(35)23-10-6-7-11-25(23)34(36)37)18-24(26)30-27(33)20-32-16-14-31(15-17-32)19-21-8-4-3-5-9-21/h3-13,18H,2,14-17,19-20H2,1H3,(H,29,35). The van der Waals surface area contributed by atoms with Crippen LogP contribution in [0.3, 0.4) is 0 Å². The number of amides is 1. The highest BCUT2D eigenvalue weighted by Crippen LogP contribution is 2.24. The maximum atomic E-state index is 12.8. The van der Waals surface area contributed by atoms with Gasteiger partial charge in [0.2, 0.25) is 0 Å². The van der Waals surface area contributed by atoms with Crippen molar-refractivity contribution in [1.29, 1.82) is 0 Å². The minimum atomic E-state index is -0.547. The molecule has 0 spiro atoms. The highest BCUT2D eigenvalue weighted by molar-refractivity contribution is 6.07. The highest BCUT2D eigenvalue weighted by Gasteiger charge is 2.21. The van der Waals surface area contributed by atoms with Crippen LogP contribution in [0.25, 0.3) is 11.0 Å². The zero-order chi connectivity index (χ0) is 25.8. The minimum Gasteiger partial charge on any atom is -0.327 e. The Kier molecular flexibility index (Phi) is 7.25. The van der Waals surface area contributed by atoms with E-state index in [1.807, 2.05) is 24.3 Å². The number of carbonyl (C=O) groups excluding carboxylic acids is 1. The Labute approximate surface area is 215 Å². The lowest BCUT2D eigenvalue weighted by Crippen LogP contribution is -2.45. The molecule has 9 nitrogen and oxygen atoms in total. The summed E-state index contributed by atoms with van der Waals surface area (Å²) in [6, 6.07) is 22.1. The van der Waals surface area contributed by atoms with Crippen LogP contribution >= 0.6 is 0 Å². The zero-order valence-corrected chi connectivity index (χ0v) is 20.8. The number of benzene rings is 3. The van der Waals surface area contributed by atoms with Crippen molar-refractivity contribution in [2.45, 2.75) is 26.6 Å². The van der Waals surface area contributed by atoms with Gasteiger partial charge in [-0.2, -0.15) is 0 Å². The van der Waals surface area contributed by atoms with Crippen LogP contribution in [-0.2, 0) is 19.6 Å². The van der Waals surface area contributed by atoms with Crippen LogP contribution in [0, 0.1) is 10.1 Å². The van der Waals surface area contributed by atoms with Crippen molar-refractivity contribution in [1.82, 2.24) is 19.4 Å². The van der Waals surface area contributed by atoms with E-state index in [2.05, 4.69) is 50.9 Å². The van der Waals surface area contributed by atoms with Gasteiger partial charge in [-0.25, -0.2) is 4.98 Å². The van der Waals surface area contributed by atoms with E-state index in [0.29, 0.717) is 5.69 Å². The van der Waals surface area contributed by atoms with Crippen LogP contribution in [0.1, 0.15) is 28.7 Å². The summed E-state index contributed by atoms with van der Waals surface area (Å²) >= 11 is 0. The van der Waals surface area contributed by atoms with Gasteiger partial charge >= 0.3 is 0 Å². The topological polar surface area (TPSA) is 96.5 Å². The molecule has 1 N–H and O–H groups in total. The minimum absolute atomic E-state index is 0.0266. The second-order valence-electron chi connectivity index (χ2n) is 9.24. The highest BCUT2D eigenvalue weighted by atomic mass is 16.6. The third-order valence-corrected chi connectivity index (χ3v) is 6.83. The number of carbonyl (C=O) groups is 1. The number of aryl methyl sites for hydroxylation is 1. The number of nitro groups is 1. The van der Waals surface area contributed by atoms with Crippen LogP contribution in [0.5, 0.6) is 0 Å². The molecule has 0 bridgehead atoms. The number of para-hydroxylation sites is 1. The Morgan fingerprint density at radius 1 is 0.946 bits per heavy atom. The maximum absolute atomic E-state index is 12.8. The molecule has 0 atom stereocenters. The number of imidazole rings is 1. The average molecular weight is 499 g/mol. The van der Waals surface area contributed by atoms with Crippen LogP contribution < -0.4 is 5.32 Å². The molecule has 0 radical (unpaired) electrons. The number of piperazine rings is 1. The molecule has 2 heterocycles. The SMILES string of the molecule is CCn1c(CN2CCN(Cc3ccccc3)CC2)nc2cc(NC(=O)c3ccccc3[N+](=O)[O-])ccc21. The van der Waals surface area contributed by atoms with Crippen molar-refractivity contribution >= 4 is 28.3 Å². The predicted molar refractivity (Wildman–Crippen MR) is 143 cm³/mol. The fraction of sp³-hybridized carbons (Fsp3) is 0.286. The third kappa shape index (κ3) is 5.52. The molecule has 37 heavy (non-hydrogen) atoms. The van der Waals surface area contributed by atoms with E-state index in [1.54, 1.807) is 12.1 Å². The Morgan fingerprint density at radius 3 is 2.32 bits per heavy atom. The number of nitrogens with one attached hydrogen (secondary N) is 1. The van der Waals surface area contributed by atoms with Gasteiger partial charge in [0.15, 0.2) is 0 Å². The van der Waals surface area contributed by atoms with E-state index in [1.165, 1.54) is 17.7 Å². The molecule has 5 rings (SSSR count). The smallest absolute Gasteiger partial charge is 0.282 e. The van der Waals surface area contributed by atoms with Gasteiger partial charge in [-0.3, -0.25) is 24.7 Å². The fourth-order valence-electron chi connectivity index (χ4n) is 4.90. The van der Waals surface area contributed by atoms with Crippen molar-refractivity contribution in [2.75, 3.05) is 31.5 Å². The molecule has 190 valence electrons. The number of hydrogen-bond acceptors (Lipinski definition) is 6. The molecule has 9 heteroatoms. The predicted octanol–water partition coefficient (Wildman–Crippen LogP) is 4.53. The number of nitro benzene ring substituents is 1. The number of nitrogens with zero attached hydrogens (tertiary/aromatic N) is 5. The lowest BCUT2D eigenvalue weighted by molar-refractivity contribution is -0.385. The summed E-state index contributed by atoms with van der Waals surface area (Å²) in [5, 5.41) is 14.1. The third-order valence-electron chi connectivity index (χ3n) is 6.83. The quantitative estimate of drug-likeness (QED) is 0.283. The molecule has 4 aromatic rings. The number of anilines is 1. The molecule has 1 amide bonds. The number of fused-ring (bicyclic) bond motifs is 1. The molecule has 0 aliphatic carbocycles. The molecule has 3 aromatic carbocycles. The van der Waals surface area contributed by atoms with E-state index in [4.69, 9.17) is 4.98 Å². The van der Waals surface area contributed by atoms with Gasteiger partial charge in [-0.15, -0.1) is 0 Å². The first kappa shape index (κ1) is 24.6. The van der Waals surface area contributed by atoms with Crippen LogP contribution in [0.2, 0.25) is 0 Å². The summed E-state index contributed by atoms with van der Waals surface area (Å²) in [5.74, 6) is 0.478. The normalized spacial score (nSPS) is 14.6. The van der Waals surface area contributed by atoms with E-state index >= 15 is 0 Å². The lowest BCUT2D eigenvalue weighted by Gasteiger charge is -2.34. The Balaban J connectivity index is 1.27. The van der Waals surface area contributed by atoms with Crippen LogP contribution in [-0.4, -0.2) is 56.4 Å². The van der Waals surface area contributed by atoms with Gasteiger partial charge in [-0.05, 0) is 36.8 Å². The van der Waals surface area contributed by atoms with E-state index < -0.39 is 10.8 Å². The molecular weight excluding hydrogens is 468 g/mol. The Bertz CT molecular complexity index is 1410. The van der Waals surface area contributed by atoms with Crippen LogP contribution in [0.4, 0.5) is 11.4 Å². The second kappa shape index (κ2) is 10.9. The number of hydrogen-bond donors (Lipinski definition) is 1. The first-order valence-electron chi connectivity index (χ1n) is 12.5. The van der Waals surface area contributed by atoms with Crippen molar-refractivity contribution in [3.63, 3.8) is 0 Å². The van der Waals surface area contributed by atoms with E-state index in [-0.39, 0.29) is 11.3 Å². The Hall–Kier alpha value is -4.08. The van der Waals surface area contributed by atoms with Gasteiger partial charge in [0.1, 0.15) is 11.4 Å². The van der Waals surface area contributed by atoms with Crippen molar-refractivity contribution in [3.8, 4) is 0 Å². The first-order valence-corrected chi connectivity index (χ1v) is 12.5. The molecule has 1 fully saturated rings. The zero-order valence-electron chi connectivity index (χ0n) is 20.8. The number of rotatable bonds is 8. The molecule has 1 aliphatic heterocycles. The first-order chi connectivity index (χ1) is 18.0. The molecule has 1 aromatic heterocycles. The average Bonchev–Trinajstić information content (AvgIpc) is 3.26. The number of aromatic nitrogens is 2. The van der Waals surface area contributed by atoms with E-state index in [9.17, 15) is 14.9 Å². The fourth-order valence-corrected chi connectivity index (χ4v) is 4.90. The monoisotopic (exact) mass is 498 g/mol. The summed E-state index contributed by atoms with van der Waals surface area (Å²) in [7, 11) is 0.